The van der Waals surface area contributed by atoms with Crippen LogP contribution in [0.2, 0.25) is 0 Å². The summed E-state index contributed by atoms with van der Waals surface area (Å²) >= 11 is 0. The first-order chi connectivity index (χ1) is 38.1. The summed E-state index contributed by atoms with van der Waals surface area (Å²) in [4.78, 5) is 2.59. The van der Waals surface area contributed by atoms with Gasteiger partial charge in [-0.2, -0.15) is 0 Å². The molecule has 0 aliphatic heterocycles. The van der Waals surface area contributed by atoms with Crippen molar-refractivity contribution in [2.24, 2.45) is 5.41 Å². The molecule has 0 bridgehead atoms. The quantitative estimate of drug-likeness (QED) is 0.140. The number of anilines is 2. The largest absolute Gasteiger partial charge is 0.314 e. The third-order valence-corrected chi connectivity index (χ3v) is 17.9. The van der Waals surface area contributed by atoms with Crippen molar-refractivity contribution in [2.45, 2.75) is 37.0 Å². The topological polar surface area (TPSA) is 8.17 Å². The molecule has 4 aliphatic carbocycles. The van der Waals surface area contributed by atoms with E-state index in [-0.39, 0.29) is 5.41 Å². The second-order valence-electron chi connectivity index (χ2n) is 21.6. The van der Waals surface area contributed by atoms with E-state index in [1.165, 1.54) is 99.9 Å². The Balaban J connectivity index is 0.911. The van der Waals surface area contributed by atoms with Crippen LogP contribution in [0.3, 0.4) is 0 Å². The normalized spacial score (nSPS) is 17.6. The summed E-state index contributed by atoms with van der Waals surface area (Å²) in [5.41, 5.74) is 23.0. The van der Waals surface area contributed by atoms with Gasteiger partial charge in [0.25, 0.3) is 0 Å². The molecule has 0 saturated carbocycles. The van der Waals surface area contributed by atoms with E-state index in [9.17, 15) is 0 Å². The van der Waals surface area contributed by atoms with Crippen molar-refractivity contribution in [2.75, 3.05) is 4.90 Å². The third-order valence-electron chi connectivity index (χ3n) is 17.9. The summed E-state index contributed by atoms with van der Waals surface area (Å²) in [6.07, 6.45) is 12.6. The molecule has 1 heterocycles. The molecule has 77 heavy (non-hydrogen) atoms. The fourth-order valence-corrected chi connectivity index (χ4v) is 14.8. The highest BCUT2D eigenvalue weighted by molar-refractivity contribution is 6.09. The van der Waals surface area contributed by atoms with E-state index in [0.717, 1.165) is 36.3 Å². The smallest absolute Gasteiger partial charge is 0.0714 e. The molecular weight excluding hydrogens is 929 g/mol. The van der Waals surface area contributed by atoms with Crippen molar-refractivity contribution < 1.29 is 0 Å². The number of hydrogen-bond acceptors (Lipinski definition) is 1. The van der Waals surface area contributed by atoms with Crippen LogP contribution in [0.5, 0.6) is 0 Å². The van der Waals surface area contributed by atoms with Gasteiger partial charge in [0, 0.05) is 38.9 Å². The third kappa shape index (κ3) is 6.55. The molecule has 0 fully saturated rings. The Morgan fingerprint density at radius 2 is 0.948 bits per heavy atom. The number of aromatic nitrogens is 1. The Kier molecular flexibility index (Phi) is 10.4. The average Bonchev–Trinajstić information content (AvgIpc) is 4.31. The molecule has 11 aromatic rings. The maximum atomic E-state index is 2.59. The van der Waals surface area contributed by atoms with E-state index in [0.29, 0.717) is 0 Å². The van der Waals surface area contributed by atoms with E-state index >= 15 is 0 Å². The van der Waals surface area contributed by atoms with Crippen LogP contribution in [-0.4, -0.2) is 4.57 Å². The summed E-state index contributed by atoms with van der Waals surface area (Å²) in [5, 5.41) is 2.54. The van der Waals surface area contributed by atoms with Gasteiger partial charge in [0.05, 0.1) is 21.9 Å². The number of benzene rings is 10. The summed E-state index contributed by atoms with van der Waals surface area (Å²) in [5.74, 6) is 0. The van der Waals surface area contributed by atoms with Gasteiger partial charge in [0.1, 0.15) is 0 Å². The molecule has 0 radical (unpaired) electrons. The minimum Gasteiger partial charge on any atom is -0.314 e. The van der Waals surface area contributed by atoms with E-state index in [1.807, 2.05) is 0 Å². The first kappa shape index (κ1) is 45.2. The van der Waals surface area contributed by atoms with Crippen LogP contribution >= 0.6 is 0 Å². The Hall–Kier alpha value is -9.24. The van der Waals surface area contributed by atoms with E-state index < -0.39 is 10.8 Å². The van der Waals surface area contributed by atoms with Crippen LogP contribution < -0.4 is 4.90 Å². The van der Waals surface area contributed by atoms with Gasteiger partial charge in [0.2, 0.25) is 0 Å². The van der Waals surface area contributed by atoms with Crippen LogP contribution in [0, 0.1) is 5.41 Å². The lowest BCUT2D eigenvalue weighted by Crippen LogP contribution is -2.46. The SMILES string of the molecule is CC12CC(N(c3ccc(-c4ccc(-n5c6ccccc6c6ccccc65)cc4)cc3)c3ccc4c(c3)C(c3ccccc3)(c3ccccc3)c3ccccc3-4)=CC=C1C1=C(CCC=C1)C2(c1ccccc1)c1ccccc1. The van der Waals surface area contributed by atoms with Crippen LogP contribution in [-0.2, 0) is 10.8 Å². The Morgan fingerprint density at radius 3 is 1.56 bits per heavy atom. The van der Waals surface area contributed by atoms with Crippen LogP contribution in [0.15, 0.2) is 308 Å². The predicted octanol–water partition coefficient (Wildman–Crippen LogP) is 18.8. The van der Waals surface area contributed by atoms with Crippen molar-refractivity contribution >= 4 is 33.2 Å². The number of para-hydroxylation sites is 2. The zero-order valence-corrected chi connectivity index (χ0v) is 43.2. The van der Waals surface area contributed by atoms with Gasteiger partial charge >= 0.3 is 0 Å². The molecular formula is C75H56N2. The Labute approximate surface area is 451 Å². The molecule has 2 nitrogen and oxygen atoms in total. The molecule has 1 unspecified atom stereocenters. The van der Waals surface area contributed by atoms with Crippen LogP contribution in [0.25, 0.3) is 49.7 Å². The highest BCUT2D eigenvalue weighted by Crippen LogP contribution is 2.68. The molecule has 1 atom stereocenters. The Bertz CT molecular complexity index is 4080. The van der Waals surface area contributed by atoms with E-state index in [1.54, 1.807) is 0 Å². The molecule has 0 N–H and O–H groups in total. The Morgan fingerprint density at radius 1 is 0.442 bits per heavy atom. The number of nitrogens with zero attached hydrogens (tertiary/aromatic N) is 2. The molecule has 4 aliphatic rings. The zero-order valence-electron chi connectivity index (χ0n) is 43.2. The average molecular weight is 985 g/mol. The predicted molar refractivity (Wildman–Crippen MR) is 320 cm³/mol. The van der Waals surface area contributed by atoms with Gasteiger partial charge in [-0.05, 0) is 146 Å². The lowest BCUT2D eigenvalue weighted by molar-refractivity contribution is 0.274. The van der Waals surface area contributed by atoms with Crippen molar-refractivity contribution in [3.05, 3.63) is 341 Å². The molecule has 0 amide bonds. The van der Waals surface area contributed by atoms with Crippen molar-refractivity contribution in [1.82, 2.24) is 4.57 Å². The van der Waals surface area contributed by atoms with Gasteiger partial charge in [-0.25, -0.2) is 0 Å². The second kappa shape index (κ2) is 17.7. The highest BCUT2D eigenvalue weighted by atomic mass is 15.2. The van der Waals surface area contributed by atoms with Gasteiger partial charge < -0.3 is 9.47 Å². The van der Waals surface area contributed by atoms with Crippen LogP contribution in [0.1, 0.15) is 59.6 Å². The molecule has 2 heteroatoms. The standard InChI is InChI=1S/C75H56N2/c1-73-51-61(47-49-67(73)66-33-15-19-35-69(66)75(73,56-26-10-4-11-27-56)57-28-12-5-13-29-57)76(58-42-38-52(39-43-58)53-40-44-59(45-41-53)77-71-36-20-16-31-64(71)65-32-17-21-37-72(65)77)60-46-48-63-62-30-14-18-34-68(62)74(70(63)50-60,54-22-6-2-7-23-54)55-24-8-3-9-25-55/h2-18,20-34,36-50H,19,35,51H2,1H3. The van der Waals surface area contributed by atoms with Gasteiger partial charge in [-0.15, -0.1) is 0 Å². The second-order valence-corrected chi connectivity index (χ2v) is 21.6. The summed E-state index contributed by atoms with van der Waals surface area (Å²) in [6.45, 7) is 2.57. The first-order valence-electron chi connectivity index (χ1n) is 27.3. The van der Waals surface area contributed by atoms with Crippen molar-refractivity contribution in [3.8, 4) is 27.9 Å². The minimum absolute atomic E-state index is 0.333. The monoisotopic (exact) mass is 984 g/mol. The van der Waals surface area contributed by atoms with Gasteiger partial charge in [-0.3, -0.25) is 0 Å². The maximum absolute atomic E-state index is 2.59. The number of fused-ring (bicyclic) bond motifs is 8. The summed E-state index contributed by atoms with van der Waals surface area (Å²) in [7, 11) is 0. The molecule has 1 aromatic heterocycles. The van der Waals surface area contributed by atoms with Gasteiger partial charge in [-0.1, -0.05) is 237 Å². The number of allylic oxidation sites excluding steroid dienone is 8. The lowest BCUT2D eigenvalue weighted by atomic mass is 9.53. The van der Waals surface area contributed by atoms with E-state index in [2.05, 4.69) is 302 Å². The number of rotatable bonds is 9. The van der Waals surface area contributed by atoms with E-state index in [4.69, 9.17) is 0 Å². The zero-order chi connectivity index (χ0) is 51.1. The molecule has 366 valence electrons. The lowest BCUT2D eigenvalue weighted by Gasteiger charge is -2.50. The highest BCUT2D eigenvalue weighted by Gasteiger charge is 2.61. The molecule has 0 saturated heterocycles. The molecule has 0 spiro atoms. The van der Waals surface area contributed by atoms with Crippen molar-refractivity contribution in [3.63, 3.8) is 0 Å². The fourth-order valence-electron chi connectivity index (χ4n) is 14.8. The summed E-state index contributed by atoms with van der Waals surface area (Å²) < 4.78 is 2.39. The molecule has 15 rings (SSSR count). The number of hydrogen-bond donors (Lipinski definition) is 0. The van der Waals surface area contributed by atoms with Gasteiger partial charge in [0.15, 0.2) is 0 Å². The fraction of sp³-hybridized carbons (Fsp3) is 0.0933. The first-order valence-corrected chi connectivity index (χ1v) is 27.3. The molecule has 10 aromatic carbocycles. The van der Waals surface area contributed by atoms with Crippen molar-refractivity contribution in [1.29, 1.82) is 0 Å². The summed E-state index contributed by atoms with van der Waals surface area (Å²) in [6, 6.07) is 97.5. The maximum Gasteiger partial charge on any atom is 0.0714 e. The van der Waals surface area contributed by atoms with Crippen LogP contribution in [0.4, 0.5) is 11.4 Å². The minimum atomic E-state index is -0.540.